The Bertz CT molecular complexity index is 442. The third kappa shape index (κ3) is 4.01. The number of nitrogens with one attached hydrogen (secondary N) is 1. The molecule has 0 saturated carbocycles. The monoisotopic (exact) mass is 249 g/mol. The fourth-order valence-electron chi connectivity index (χ4n) is 1.45. The second-order valence-corrected chi connectivity index (χ2v) is 3.80. The number of ether oxygens (including phenoxy) is 1. The number of Topliss-reactive ketones (excluding diaryl/α,β-unsaturated/α-hetero) is 1. The maximum Gasteiger partial charge on any atom is 0.328 e. The molecule has 96 valence electrons. The Morgan fingerprint density at radius 1 is 1.22 bits per heavy atom. The first-order valence-corrected chi connectivity index (χ1v) is 5.47. The molecule has 5 nitrogen and oxygen atoms in total. The van der Waals surface area contributed by atoms with E-state index in [0.29, 0.717) is 0 Å². The summed E-state index contributed by atoms with van der Waals surface area (Å²) in [7, 11) is 1.24. The van der Waals surface area contributed by atoms with E-state index >= 15 is 0 Å². The van der Waals surface area contributed by atoms with Crippen LogP contribution < -0.4 is 5.32 Å². The third-order valence-electron chi connectivity index (χ3n) is 2.39. The lowest BCUT2D eigenvalue weighted by atomic mass is 10.1. The Morgan fingerprint density at radius 3 is 2.33 bits per heavy atom. The van der Waals surface area contributed by atoms with Crippen molar-refractivity contribution in [2.45, 2.75) is 19.4 Å². The molecule has 0 spiro atoms. The van der Waals surface area contributed by atoms with Crippen LogP contribution in [0.4, 0.5) is 0 Å². The number of carbonyl (C=O) groups is 3. The van der Waals surface area contributed by atoms with E-state index in [1.807, 2.05) is 30.3 Å². The van der Waals surface area contributed by atoms with Crippen LogP contribution in [0, 0.1) is 0 Å². The molecule has 0 aliphatic rings. The Labute approximate surface area is 105 Å². The predicted molar refractivity (Wildman–Crippen MR) is 64.8 cm³/mol. The van der Waals surface area contributed by atoms with E-state index < -0.39 is 23.7 Å². The molecule has 0 saturated heterocycles. The summed E-state index contributed by atoms with van der Waals surface area (Å²) in [5.41, 5.74) is 0.872. The van der Waals surface area contributed by atoms with Crippen LogP contribution in [0.2, 0.25) is 0 Å². The molecule has 0 unspecified atom stereocenters. The molecule has 0 fully saturated rings. The van der Waals surface area contributed by atoms with Gasteiger partial charge in [-0.05, 0) is 5.56 Å². The fraction of sp³-hybridized carbons (Fsp3) is 0.308. The van der Waals surface area contributed by atoms with Crippen molar-refractivity contribution in [3.63, 3.8) is 0 Å². The third-order valence-corrected chi connectivity index (χ3v) is 2.39. The molecule has 0 aromatic heterocycles. The average molecular weight is 249 g/mol. The van der Waals surface area contributed by atoms with Gasteiger partial charge in [0, 0.05) is 13.3 Å². The zero-order chi connectivity index (χ0) is 13.5. The van der Waals surface area contributed by atoms with Crippen molar-refractivity contribution in [1.29, 1.82) is 0 Å². The zero-order valence-electron chi connectivity index (χ0n) is 10.3. The molecule has 1 amide bonds. The fourth-order valence-corrected chi connectivity index (χ4v) is 1.45. The highest BCUT2D eigenvalue weighted by molar-refractivity contribution is 6.35. The Kier molecular flexibility index (Phi) is 5.05. The van der Waals surface area contributed by atoms with Crippen LogP contribution in [0.25, 0.3) is 0 Å². The van der Waals surface area contributed by atoms with Crippen molar-refractivity contribution in [1.82, 2.24) is 5.32 Å². The summed E-state index contributed by atoms with van der Waals surface area (Å²) in [5, 5.41) is 2.35. The van der Waals surface area contributed by atoms with E-state index in [1.165, 1.54) is 7.11 Å². The molecule has 1 aromatic carbocycles. The first-order chi connectivity index (χ1) is 8.54. The Hall–Kier alpha value is -2.17. The Balaban J connectivity index is 2.76. The molecule has 0 radical (unpaired) electrons. The van der Waals surface area contributed by atoms with E-state index in [0.717, 1.165) is 12.5 Å². The van der Waals surface area contributed by atoms with Gasteiger partial charge in [0.15, 0.2) is 0 Å². The van der Waals surface area contributed by atoms with Gasteiger partial charge in [-0.2, -0.15) is 0 Å². The van der Waals surface area contributed by atoms with E-state index in [1.54, 1.807) is 0 Å². The molecule has 0 bridgehead atoms. The molecular formula is C13H15NO4. The first kappa shape index (κ1) is 13.9. The van der Waals surface area contributed by atoms with Crippen molar-refractivity contribution in [3.05, 3.63) is 35.9 Å². The van der Waals surface area contributed by atoms with Crippen LogP contribution in [0.3, 0.4) is 0 Å². The standard InChI is InChI=1S/C13H15NO4/c1-9(15)12(16)14-11(13(17)18-2)8-10-6-4-3-5-7-10/h3-7,11H,8H2,1-2H3,(H,14,16)/t11-/m0/s1. The number of benzene rings is 1. The van der Waals surface area contributed by atoms with Crippen molar-refractivity contribution >= 4 is 17.7 Å². The highest BCUT2D eigenvalue weighted by Crippen LogP contribution is 2.04. The van der Waals surface area contributed by atoms with E-state index in [-0.39, 0.29) is 6.42 Å². The minimum Gasteiger partial charge on any atom is -0.467 e. The molecule has 0 heterocycles. The number of amides is 1. The lowest BCUT2D eigenvalue weighted by molar-refractivity contribution is -0.146. The normalized spacial score (nSPS) is 11.4. The second-order valence-electron chi connectivity index (χ2n) is 3.80. The highest BCUT2D eigenvalue weighted by Gasteiger charge is 2.23. The van der Waals surface area contributed by atoms with Gasteiger partial charge in [0.1, 0.15) is 6.04 Å². The van der Waals surface area contributed by atoms with Gasteiger partial charge in [-0.15, -0.1) is 0 Å². The van der Waals surface area contributed by atoms with Crippen LogP contribution in [0.5, 0.6) is 0 Å². The average Bonchev–Trinajstić information content (AvgIpc) is 2.38. The van der Waals surface area contributed by atoms with Gasteiger partial charge < -0.3 is 10.1 Å². The summed E-state index contributed by atoms with van der Waals surface area (Å²) < 4.78 is 4.60. The quantitative estimate of drug-likeness (QED) is 0.608. The van der Waals surface area contributed by atoms with Crippen LogP contribution in [-0.2, 0) is 25.5 Å². The van der Waals surface area contributed by atoms with Gasteiger partial charge >= 0.3 is 5.97 Å². The lowest BCUT2D eigenvalue weighted by Gasteiger charge is -2.15. The van der Waals surface area contributed by atoms with E-state index in [4.69, 9.17) is 0 Å². The van der Waals surface area contributed by atoms with Crippen LogP contribution >= 0.6 is 0 Å². The molecule has 1 aromatic rings. The first-order valence-electron chi connectivity index (χ1n) is 5.47. The number of esters is 1. The minimum atomic E-state index is -0.853. The second kappa shape index (κ2) is 6.54. The number of carbonyl (C=O) groups excluding carboxylic acids is 3. The van der Waals surface area contributed by atoms with Gasteiger partial charge in [-0.25, -0.2) is 4.79 Å². The number of methoxy groups -OCH3 is 1. The smallest absolute Gasteiger partial charge is 0.328 e. The Morgan fingerprint density at radius 2 is 1.83 bits per heavy atom. The van der Waals surface area contributed by atoms with Gasteiger partial charge in [-0.3, -0.25) is 9.59 Å². The number of hydrogen-bond acceptors (Lipinski definition) is 4. The van der Waals surface area contributed by atoms with Crippen LogP contribution in [-0.4, -0.2) is 30.8 Å². The lowest BCUT2D eigenvalue weighted by Crippen LogP contribution is -2.45. The number of hydrogen-bond donors (Lipinski definition) is 1. The van der Waals surface area contributed by atoms with Crippen molar-refractivity contribution in [2.75, 3.05) is 7.11 Å². The van der Waals surface area contributed by atoms with Crippen molar-refractivity contribution in [3.8, 4) is 0 Å². The minimum absolute atomic E-state index is 0.284. The highest BCUT2D eigenvalue weighted by atomic mass is 16.5. The molecular weight excluding hydrogens is 234 g/mol. The summed E-state index contributed by atoms with van der Waals surface area (Å²) in [6.07, 6.45) is 0.284. The largest absolute Gasteiger partial charge is 0.467 e. The van der Waals surface area contributed by atoms with Crippen LogP contribution in [0.1, 0.15) is 12.5 Å². The molecule has 1 N–H and O–H groups in total. The SMILES string of the molecule is COC(=O)[C@H](Cc1ccccc1)NC(=O)C(C)=O. The number of rotatable bonds is 5. The van der Waals surface area contributed by atoms with Gasteiger partial charge in [-0.1, -0.05) is 30.3 Å². The van der Waals surface area contributed by atoms with Crippen LogP contribution in [0.15, 0.2) is 30.3 Å². The molecule has 0 aliphatic carbocycles. The molecule has 1 atom stereocenters. The molecule has 5 heteroatoms. The maximum atomic E-state index is 11.5. The van der Waals surface area contributed by atoms with Crippen molar-refractivity contribution < 1.29 is 19.1 Å². The summed E-state index contributed by atoms with van der Waals surface area (Å²) in [4.78, 5) is 33.7. The summed E-state index contributed by atoms with van der Waals surface area (Å²) in [5.74, 6) is -2.01. The summed E-state index contributed by atoms with van der Waals surface area (Å²) >= 11 is 0. The molecule has 1 rings (SSSR count). The number of ketones is 1. The van der Waals surface area contributed by atoms with Crippen molar-refractivity contribution in [2.24, 2.45) is 0 Å². The van der Waals surface area contributed by atoms with E-state index in [9.17, 15) is 14.4 Å². The van der Waals surface area contributed by atoms with Gasteiger partial charge in [0.25, 0.3) is 5.91 Å². The summed E-state index contributed by atoms with van der Waals surface area (Å²) in [6.45, 7) is 1.15. The van der Waals surface area contributed by atoms with Gasteiger partial charge in [0.05, 0.1) is 7.11 Å². The summed E-state index contributed by atoms with van der Waals surface area (Å²) in [6, 6.07) is 8.32. The molecule has 18 heavy (non-hydrogen) atoms. The maximum absolute atomic E-state index is 11.5. The predicted octanol–water partition coefficient (Wildman–Crippen LogP) is 0.476. The molecule has 0 aliphatic heterocycles. The zero-order valence-corrected chi connectivity index (χ0v) is 10.3. The van der Waals surface area contributed by atoms with E-state index in [2.05, 4.69) is 10.1 Å². The van der Waals surface area contributed by atoms with Gasteiger partial charge in [0.2, 0.25) is 5.78 Å². The topological polar surface area (TPSA) is 72.5 Å².